The highest BCUT2D eigenvalue weighted by atomic mass is 35.5. The standard InChI is InChI=1S/C3H5ClO2.2C2H6O/c1-2(4)3(5)6;2*1-2-3/h2H,1H3,(H,5,6);2*3H,2H2,1H3. The van der Waals surface area contributed by atoms with Crippen molar-refractivity contribution in [3.63, 3.8) is 0 Å². The van der Waals surface area contributed by atoms with E-state index in [1.807, 2.05) is 0 Å². The lowest BCUT2D eigenvalue weighted by atomic mass is 10.5. The van der Waals surface area contributed by atoms with E-state index in [1.54, 1.807) is 13.8 Å². The van der Waals surface area contributed by atoms with Crippen molar-refractivity contribution in [3.8, 4) is 0 Å². The number of hydrogen-bond acceptors (Lipinski definition) is 3. The summed E-state index contributed by atoms with van der Waals surface area (Å²) >= 11 is 5.01. The molecule has 0 radical (unpaired) electrons. The maximum absolute atomic E-state index is 9.57. The SMILES string of the molecule is CC(Cl)C(=O)O.CCO.CCO. The number of aliphatic hydroxyl groups excluding tert-OH is 2. The monoisotopic (exact) mass is 200 g/mol. The Balaban J connectivity index is -0.000000115. The van der Waals surface area contributed by atoms with Crippen molar-refractivity contribution < 1.29 is 20.1 Å². The van der Waals surface area contributed by atoms with Crippen LogP contribution in [-0.2, 0) is 4.79 Å². The number of rotatable bonds is 1. The third-order valence-electron chi connectivity index (χ3n) is 0.340. The van der Waals surface area contributed by atoms with E-state index in [4.69, 9.17) is 26.9 Å². The lowest BCUT2D eigenvalue weighted by Gasteiger charge is -1.86. The van der Waals surface area contributed by atoms with Crippen LogP contribution in [0.3, 0.4) is 0 Å². The highest BCUT2D eigenvalue weighted by molar-refractivity contribution is 6.29. The Kier molecular flexibility index (Phi) is 25.0. The molecule has 76 valence electrons. The molecular weight excluding hydrogens is 184 g/mol. The minimum atomic E-state index is -0.975. The fourth-order valence-electron chi connectivity index (χ4n) is 0. The van der Waals surface area contributed by atoms with E-state index in [0.29, 0.717) is 0 Å². The van der Waals surface area contributed by atoms with Gasteiger partial charge in [0.2, 0.25) is 0 Å². The van der Waals surface area contributed by atoms with E-state index in [1.165, 1.54) is 6.92 Å². The topological polar surface area (TPSA) is 77.8 Å². The summed E-state index contributed by atoms with van der Waals surface area (Å²) in [5, 5.41) is 22.2. The van der Waals surface area contributed by atoms with Gasteiger partial charge in [-0.05, 0) is 20.8 Å². The third-order valence-corrected chi connectivity index (χ3v) is 0.527. The number of alkyl halides is 1. The third kappa shape index (κ3) is 53.9. The van der Waals surface area contributed by atoms with Crippen molar-refractivity contribution in [2.24, 2.45) is 0 Å². The normalized spacial score (nSPS) is 9.83. The van der Waals surface area contributed by atoms with Crippen LogP contribution in [0.2, 0.25) is 0 Å². The van der Waals surface area contributed by atoms with Gasteiger partial charge in [0.05, 0.1) is 0 Å². The predicted octanol–water partition coefficient (Wildman–Crippen LogP) is 0.696. The molecule has 5 heteroatoms. The summed E-state index contributed by atoms with van der Waals surface area (Å²) in [5.74, 6) is -0.975. The van der Waals surface area contributed by atoms with Crippen LogP contribution in [0.4, 0.5) is 0 Å². The molecule has 0 aromatic rings. The van der Waals surface area contributed by atoms with Gasteiger partial charge in [-0.3, -0.25) is 4.79 Å². The first-order valence-electron chi connectivity index (χ1n) is 3.56. The number of halogens is 1. The van der Waals surface area contributed by atoms with Crippen molar-refractivity contribution >= 4 is 17.6 Å². The number of hydrogen-bond donors (Lipinski definition) is 3. The second-order valence-electron chi connectivity index (χ2n) is 1.59. The highest BCUT2D eigenvalue weighted by Gasteiger charge is 2.02. The average Bonchev–Trinajstić information content (AvgIpc) is 1.90. The number of aliphatic hydroxyl groups is 2. The second kappa shape index (κ2) is 17.0. The Labute approximate surface area is 77.8 Å². The lowest BCUT2D eigenvalue weighted by molar-refractivity contribution is -0.136. The molecule has 0 rings (SSSR count). The average molecular weight is 201 g/mol. The number of carbonyl (C=O) groups is 1. The van der Waals surface area contributed by atoms with Crippen LogP contribution in [0.1, 0.15) is 20.8 Å². The van der Waals surface area contributed by atoms with Gasteiger partial charge in [0.1, 0.15) is 5.38 Å². The van der Waals surface area contributed by atoms with Crippen molar-refractivity contribution in [1.29, 1.82) is 0 Å². The summed E-state index contributed by atoms with van der Waals surface area (Å²) in [6.45, 7) is 5.27. The molecule has 12 heavy (non-hydrogen) atoms. The Morgan fingerprint density at radius 3 is 1.42 bits per heavy atom. The summed E-state index contributed by atoms with van der Waals surface area (Å²) in [6, 6.07) is 0. The van der Waals surface area contributed by atoms with Gasteiger partial charge in [0.15, 0.2) is 0 Å². The van der Waals surface area contributed by atoms with E-state index in [2.05, 4.69) is 0 Å². The summed E-state index contributed by atoms with van der Waals surface area (Å²) in [7, 11) is 0. The van der Waals surface area contributed by atoms with Gasteiger partial charge in [-0.25, -0.2) is 0 Å². The fourth-order valence-corrected chi connectivity index (χ4v) is 0. The van der Waals surface area contributed by atoms with Gasteiger partial charge < -0.3 is 15.3 Å². The Morgan fingerprint density at radius 1 is 1.33 bits per heavy atom. The van der Waals surface area contributed by atoms with Gasteiger partial charge in [0.25, 0.3) is 0 Å². The molecule has 0 aliphatic heterocycles. The molecule has 0 aromatic heterocycles. The van der Waals surface area contributed by atoms with Crippen LogP contribution >= 0.6 is 11.6 Å². The van der Waals surface area contributed by atoms with E-state index < -0.39 is 11.3 Å². The fraction of sp³-hybridized carbons (Fsp3) is 0.857. The number of carboxylic acids is 1. The molecule has 0 amide bonds. The Hall–Kier alpha value is -0.320. The molecule has 4 nitrogen and oxygen atoms in total. The maximum atomic E-state index is 9.57. The lowest BCUT2D eigenvalue weighted by Crippen LogP contribution is -2.06. The van der Waals surface area contributed by atoms with Crippen LogP contribution < -0.4 is 0 Å². The Morgan fingerprint density at radius 2 is 1.42 bits per heavy atom. The van der Waals surface area contributed by atoms with Crippen LogP contribution in [0.25, 0.3) is 0 Å². The van der Waals surface area contributed by atoms with Gasteiger partial charge in [0, 0.05) is 13.2 Å². The van der Waals surface area contributed by atoms with Crippen molar-refractivity contribution in [1.82, 2.24) is 0 Å². The minimum Gasteiger partial charge on any atom is -0.480 e. The van der Waals surface area contributed by atoms with E-state index in [0.717, 1.165) is 0 Å². The molecule has 0 spiro atoms. The molecule has 0 aromatic carbocycles. The first kappa shape index (κ1) is 17.7. The molecule has 1 atom stereocenters. The predicted molar refractivity (Wildman–Crippen MR) is 48.5 cm³/mol. The van der Waals surface area contributed by atoms with Crippen LogP contribution in [0, 0.1) is 0 Å². The summed E-state index contributed by atoms with van der Waals surface area (Å²) in [4.78, 5) is 9.57. The first-order chi connectivity index (χ1) is 5.47. The molecule has 3 N–H and O–H groups in total. The van der Waals surface area contributed by atoms with Gasteiger partial charge >= 0.3 is 5.97 Å². The zero-order valence-electron chi connectivity index (χ0n) is 7.62. The van der Waals surface area contributed by atoms with Crippen LogP contribution in [-0.4, -0.2) is 39.9 Å². The number of aliphatic carboxylic acids is 1. The van der Waals surface area contributed by atoms with Gasteiger partial charge in [-0.2, -0.15) is 0 Å². The molecule has 0 aliphatic rings. The van der Waals surface area contributed by atoms with E-state index in [9.17, 15) is 4.79 Å². The van der Waals surface area contributed by atoms with Crippen molar-refractivity contribution in [2.75, 3.05) is 13.2 Å². The molecule has 0 aliphatic carbocycles. The molecule has 1 unspecified atom stereocenters. The number of carboxylic acid groups (broad SMARTS) is 1. The first-order valence-corrected chi connectivity index (χ1v) is 4.00. The molecule has 0 saturated heterocycles. The second-order valence-corrected chi connectivity index (χ2v) is 2.24. The zero-order chi connectivity index (χ0) is 10.6. The van der Waals surface area contributed by atoms with Crippen LogP contribution in [0.5, 0.6) is 0 Å². The summed E-state index contributed by atoms with van der Waals surface area (Å²) < 4.78 is 0. The molecule has 0 bridgehead atoms. The van der Waals surface area contributed by atoms with E-state index in [-0.39, 0.29) is 13.2 Å². The molecular formula is C7H17ClO4. The van der Waals surface area contributed by atoms with Gasteiger partial charge in [-0.1, -0.05) is 0 Å². The molecule has 0 saturated carbocycles. The van der Waals surface area contributed by atoms with Gasteiger partial charge in [-0.15, -0.1) is 11.6 Å². The minimum absolute atomic E-state index is 0.250. The van der Waals surface area contributed by atoms with E-state index >= 15 is 0 Å². The molecule has 0 heterocycles. The van der Waals surface area contributed by atoms with Crippen molar-refractivity contribution in [2.45, 2.75) is 26.1 Å². The quantitative estimate of drug-likeness (QED) is 0.545. The largest absolute Gasteiger partial charge is 0.480 e. The summed E-state index contributed by atoms with van der Waals surface area (Å²) in [6.07, 6.45) is 0. The Bertz CT molecular complexity index is 83.5. The zero-order valence-corrected chi connectivity index (χ0v) is 8.38. The molecule has 0 fully saturated rings. The maximum Gasteiger partial charge on any atom is 0.321 e. The smallest absolute Gasteiger partial charge is 0.321 e. The van der Waals surface area contributed by atoms with Crippen molar-refractivity contribution in [3.05, 3.63) is 0 Å². The summed E-state index contributed by atoms with van der Waals surface area (Å²) in [5.41, 5.74) is 0. The van der Waals surface area contributed by atoms with Crippen LogP contribution in [0.15, 0.2) is 0 Å². The highest BCUT2D eigenvalue weighted by Crippen LogP contribution is 1.89.